The molecule has 0 aliphatic heterocycles. The molecule has 0 fully saturated rings. The van der Waals surface area contributed by atoms with E-state index in [1.54, 1.807) is 0 Å². The topological polar surface area (TPSA) is 78.2 Å². The summed E-state index contributed by atoms with van der Waals surface area (Å²) in [6, 6.07) is 17.9. The van der Waals surface area contributed by atoms with Crippen molar-refractivity contribution in [2.45, 2.75) is 26.2 Å². The van der Waals surface area contributed by atoms with Gasteiger partial charge in [0.15, 0.2) is 0 Å². The van der Waals surface area contributed by atoms with Crippen LogP contribution in [0.4, 0.5) is 0 Å². The van der Waals surface area contributed by atoms with E-state index < -0.39 is 10.1 Å². The summed E-state index contributed by atoms with van der Waals surface area (Å²) in [5.74, 6) is -0.205. The highest BCUT2D eigenvalue weighted by Gasteiger charge is 2.05. The number of hydrogen-bond donors (Lipinski definition) is 1. The predicted molar refractivity (Wildman–Crippen MR) is 100 cm³/mol. The molecule has 4 nitrogen and oxygen atoms in total. The Balaban J connectivity index is 2.02. The maximum absolute atomic E-state index is 10.7. The number of hydrogen-bond acceptors (Lipinski definition) is 3. The third-order valence-electron chi connectivity index (χ3n) is 3.89. The van der Waals surface area contributed by atoms with Gasteiger partial charge < -0.3 is 0 Å². The lowest BCUT2D eigenvalue weighted by atomic mass is 10.0. The first kappa shape index (κ1) is 18.9. The van der Waals surface area contributed by atoms with Crippen LogP contribution in [0.25, 0.3) is 11.6 Å². The average Bonchev–Trinajstić information content (AvgIpc) is 2.58. The minimum atomic E-state index is -3.88. The van der Waals surface area contributed by atoms with Gasteiger partial charge in [0.2, 0.25) is 0 Å². The van der Waals surface area contributed by atoms with E-state index in [1.807, 2.05) is 61.5 Å². The molecule has 0 atom stereocenters. The highest BCUT2D eigenvalue weighted by Crippen LogP contribution is 2.19. The first-order valence-corrected chi connectivity index (χ1v) is 9.71. The monoisotopic (exact) mass is 355 g/mol. The maximum Gasteiger partial charge on any atom is 0.264 e. The Morgan fingerprint density at radius 2 is 1.72 bits per heavy atom. The van der Waals surface area contributed by atoms with Crippen molar-refractivity contribution in [3.8, 4) is 6.07 Å². The zero-order chi connectivity index (χ0) is 18.3. The summed E-state index contributed by atoms with van der Waals surface area (Å²) in [5, 5.41) is 9.42. The van der Waals surface area contributed by atoms with E-state index in [4.69, 9.17) is 4.55 Å². The van der Waals surface area contributed by atoms with Crippen molar-refractivity contribution < 1.29 is 13.0 Å². The highest BCUT2D eigenvalue weighted by atomic mass is 32.2. The highest BCUT2D eigenvalue weighted by molar-refractivity contribution is 7.85. The molecule has 2 aromatic carbocycles. The van der Waals surface area contributed by atoms with Gasteiger partial charge in [0.05, 0.1) is 17.4 Å². The summed E-state index contributed by atoms with van der Waals surface area (Å²) >= 11 is 0. The second-order valence-electron chi connectivity index (χ2n) is 6.02. The first-order chi connectivity index (χ1) is 11.9. The number of aryl methyl sites for hydroxylation is 2. The zero-order valence-electron chi connectivity index (χ0n) is 14.1. The summed E-state index contributed by atoms with van der Waals surface area (Å²) in [6.45, 7) is 2.02. The average molecular weight is 355 g/mol. The molecule has 0 saturated carbocycles. The molecular weight excluding hydrogens is 334 g/mol. The van der Waals surface area contributed by atoms with Crippen LogP contribution in [0.3, 0.4) is 0 Å². The fourth-order valence-electron chi connectivity index (χ4n) is 2.47. The normalized spacial score (nSPS) is 12.0. The number of benzene rings is 2. The van der Waals surface area contributed by atoms with Crippen LogP contribution in [0.15, 0.2) is 48.5 Å². The van der Waals surface area contributed by atoms with Crippen molar-refractivity contribution in [3.05, 3.63) is 70.8 Å². The molecule has 2 rings (SSSR count). The number of rotatable bonds is 7. The summed E-state index contributed by atoms with van der Waals surface area (Å²) in [4.78, 5) is 0. The molecular formula is C20H21NO3S. The van der Waals surface area contributed by atoms with Crippen LogP contribution in [0.2, 0.25) is 0 Å². The van der Waals surface area contributed by atoms with Crippen LogP contribution in [0.1, 0.15) is 35.1 Å². The van der Waals surface area contributed by atoms with E-state index in [2.05, 4.69) is 6.07 Å². The predicted octanol–water partition coefficient (Wildman–Crippen LogP) is 4.27. The SMILES string of the molecule is Cc1ccc(/C=C(\C#N)c2ccc(CCCCS(=O)(=O)O)cc2)cc1. The third kappa shape index (κ3) is 6.54. The van der Waals surface area contributed by atoms with Gasteiger partial charge in [-0.25, -0.2) is 0 Å². The van der Waals surface area contributed by atoms with Gasteiger partial charge in [0, 0.05) is 0 Å². The summed E-state index contributed by atoms with van der Waals surface area (Å²) in [5.41, 5.74) is 4.68. The van der Waals surface area contributed by atoms with Crippen LogP contribution in [0, 0.1) is 18.3 Å². The molecule has 0 aromatic heterocycles. The van der Waals surface area contributed by atoms with Gasteiger partial charge in [0.1, 0.15) is 0 Å². The van der Waals surface area contributed by atoms with Gasteiger partial charge in [-0.3, -0.25) is 4.55 Å². The van der Waals surface area contributed by atoms with Crippen LogP contribution in [-0.4, -0.2) is 18.7 Å². The fourth-order valence-corrected chi connectivity index (χ4v) is 3.04. The Morgan fingerprint density at radius 1 is 1.08 bits per heavy atom. The van der Waals surface area contributed by atoms with E-state index in [0.29, 0.717) is 18.4 Å². The van der Waals surface area contributed by atoms with Crippen molar-refractivity contribution in [2.75, 3.05) is 5.75 Å². The molecule has 0 spiro atoms. The molecule has 0 unspecified atom stereocenters. The number of nitrogens with zero attached hydrogens (tertiary/aromatic N) is 1. The van der Waals surface area contributed by atoms with E-state index in [-0.39, 0.29) is 5.75 Å². The number of allylic oxidation sites excluding steroid dienone is 1. The minimum absolute atomic E-state index is 0.205. The largest absolute Gasteiger partial charge is 0.286 e. The standard InChI is InChI=1S/C20H21NO3S/c1-16-5-7-18(8-6-16)14-20(15-21)19-11-9-17(10-12-19)4-2-3-13-25(22,23)24/h5-12,14H,2-4,13H2,1H3,(H,22,23,24)/b20-14+. The molecule has 5 heteroatoms. The first-order valence-electron chi connectivity index (χ1n) is 8.10. The summed E-state index contributed by atoms with van der Waals surface area (Å²) < 4.78 is 30.1. The van der Waals surface area contributed by atoms with Crippen molar-refractivity contribution in [1.82, 2.24) is 0 Å². The molecule has 130 valence electrons. The quantitative estimate of drug-likeness (QED) is 0.348. The summed E-state index contributed by atoms with van der Waals surface area (Å²) in [7, 11) is -3.88. The Morgan fingerprint density at radius 3 is 2.28 bits per heavy atom. The molecule has 2 aromatic rings. The van der Waals surface area contributed by atoms with Gasteiger partial charge in [-0.15, -0.1) is 0 Å². The van der Waals surface area contributed by atoms with Crippen LogP contribution in [-0.2, 0) is 16.5 Å². The second-order valence-corrected chi connectivity index (χ2v) is 7.59. The Hall–Kier alpha value is -2.42. The second kappa shape index (κ2) is 8.61. The van der Waals surface area contributed by atoms with Crippen LogP contribution < -0.4 is 0 Å². The minimum Gasteiger partial charge on any atom is -0.286 e. The van der Waals surface area contributed by atoms with Crippen molar-refractivity contribution in [1.29, 1.82) is 5.26 Å². The molecule has 0 radical (unpaired) electrons. The third-order valence-corrected chi connectivity index (χ3v) is 4.70. The molecule has 0 amide bonds. The molecule has 1 N–H and O–H groups in total. The molecule has 0 aliphatic rings. The lowest BCUT2D eigenvalue weighted by Gasteiger charge is -2.04. The van der Waals surface area contributed by atoms with E-state index >= 15 is 0 Å². The van der Waals surface area contributed by atoms with Gasteiger partial charge in [-0.2, -0.15) is 13.7 Å². The Labute approximate surface area is 149 Å². The smallest absolute Gasteiger partial charge is 0.264 e. The van der Waals surface area contributed by atoms with E-state index in [0.717, 1.165) is 23.1 Å². The van der Waals surface area contributed by atoms with Crippen molar-refractivity contribution in [2.24, 2.45) is 0 Å². The maximum atomic E-state index is 10.7. The van der Waals surface area contributed by atoms with Crippen molar-refractivity contribution >= 4 is 21.8 Å². The van der Waals surface area contributed by atoms with Gasteiger partial charge in [-0.05, 0) is 49.0 Å². The number of nitriles is 1. The fraction of sp³-hybridized carbons (Fsp3) is 0.250. The zero-order valence-corrected chi connectivity index (χ0v) is 15.0. The van der Waals surface area contributed by atoms with E-state index in [9.17, 15) is 13.7 Å². The lowest BCUT2D eigenvalue weighted by molar-refractivity contribution is 0.480. The molecule has 25 heavy (non-hydrogen) atoms. The molecule has 0 saturated heterocycles. The lowest BCUT2D eigenvalue weighted by Crippen LogP contribution is -2.03. The van der Waals surface area contributed by atoms with Gasteiger partial charge >= 0.3 is 0 Å². The molecule has 0 bridgehead atoms. The Kier molecular flexibility index (Phi) is 6.51. The van der Waals surface area contributed by atoms with Crippen LogP contribution in [0.5, 0.6) is 0 Å². The van der Waals surface area contributed by atoms with Crippen LogP contribution >= 0.6 is 0 Å². The Bertz CT molecular complexity index is 874. The number of unbranched alkanes of at least 4 members (excludes halogenated alkanes) is 1. The molecule has 0 heterocycles. The van der Waals surface area contributed by atoms with Gasteiger partial charge in [-0.1, -0.05) is 54.1 Å². The van der Waals surface area contributed by atoms with Crippen molar-refractivity contribution in [3.63, 3.8) is 0 Å². The van der Waals surface area contributed by atoms with Gasteiger partial charge in [0.25, 0.3) is 10.1 Å². The summed E-state index contributed by atoms with van der Waals surface area (Å²) in [6.07, 6.45) is 3.71. The van der Waals surface area contributed by atoms with E-state index in [1.165, 1.54) is 5.56 Å². The molecule has 0 aliphatic carbocycles.